The van der Waals surface area contributed by atoms with Gasteiger partial charge in [0.05, 0.1) is 15.7 Å². The summed E-state index contributed by atoms with van der Waals surface area (Å²) < 4.78 is 54.7. The topological polar surface area (TPSA) is 9.23 Å². The third-order valence-electron chi connectivity index (χ3n) is 1.65. The Balaban J connectivity index is 3.21. The second-order valence-electron chi connectivity index (χ2n) is 2.67. The van der Waals surface area contributed by atoms with Crippen LogP contribution < -0.4 is 4.74 Å². The number of benzene rings is 1. The number of halogens is 5. The van der Waals surface area contributed by atoms with Gasteiger partial charge in [-0.15, -0.1) is 0 Å². The molecule has 15 heavy (non-hydrogen) atoms. The summed E-state index contributed by atoms with van der Waals surface area (Å²) in [6, 6.07) is 1.81. The van der Waals surface area contributed by atoms with Gasteiger partial charge in [0.15, 0.2) is 11.6 Å². The maximum Gasteiger partial charge on any atom is 0.417 e. The van der Waals surface area contributed by atoms with Gasteiger partial charge in [-0.3, -0.25) is 0 Å². The van der Waals surface area contributed by atoms with Crippen LogP contribution in [0.25, 0.3) is 0 Å². The molecule has 0 atom stereocenters. The van der Waals surface area contributed by atoms with Crippen LogP contribution in [-0.2, 0) is 6.18 Å². The molecule has 0 N–H and O–H groups in total. The first kappa shape index (κ1) is 12.5. The maximum absolute atomic E-state index is 13.3. The van der Waals surface area contributed by atoms with Crippen molar-refractivity contribution in [3.8, 4) is 5.75 Å². The molecule has 0 spiro atoms. The quantitative estimate of drug-likeness (QED) is 0.590. The average molecular weight is 334 g/mol. The lowest BCUT2D eigenvalue weighted by Gasteiger charge is -2.12. The predicted octanol–water partition coefficient (Wildman–Crippen LogP) is 3.85. The van der Waals surface area contributed by atoms with Gasteiger partial charge in [-0.1, -0.05) is 0 Å². The summed E-state index contributed by atoms with van der Waals surface area (Å²) in [6.45, 7) is 1.84. The molecule has 0 aliphatic rings. The van der Waals surface area contributed by atoms with E-state index < -0.39 is 21.1 Å². The second-order valence-corrected chi connectivity index (χ2v) is 3.75. The Labute approximate surface area is 97.6 Å². The Morgan fingerprint density at radius 3 is 2.40 bits per heavy atom. The van der Waals surface area contributed by atoms with Gasteiger partial charge in [-0.25, -0.2) is 4.39 Å². The predicted molar refractivity (Wildman–Crippen MR) is 55.3 cm³/mol. The summed E-state index contributed by atoms with van der Waals surface area (Å²) in [5.74, 6) is -1.12. The molecule has 0 heterocycles. The summed E-state index contributed by atoms with van der Waals surface area (Å²) in [5.41, 5.74) is -0.982. The minimum Gasteiger partial charge on any atom is -0.491 e. The molecule has 0 aliphatic carbocycles. The minimum absolute atomic E-state index is 0.157. The van der Waals surface area contributed by atoms with E-state index in [1.54, 1.807) is 6.92 Å². The molecule has 1 aromatic carbocycles. The van der Waals surface area contributed by atoms with Crippen molar-refractivity contribution in [3.05, 3.63) is 27.1 Å². The molecule has 0 aromatic heterocycles. The van der Waals surface area contributed by atoms with E-state index >= 15 is 0 Å². The van der Waals surface area contributed by atoms with Crippen LogP contribution in [-0.4, -0.2) is 6.61 Å². The first-order chi connectivity index (χ1) is 6.88. The molecule has 0 saturated heterocycles. The van der Waals surface area contributed by atoms with Gasteiger partial charge in [0.25, 0.3) is 0 Å². The van der Waals surface area contributed by atoms with Crippen molar-refractivity contribution >= 4 is 22.6 Å². The molecule has 1 rings (SSSR count). The van der Waals surface area contributed by atoms with E-state index in [2.05, 4.69) is 0 Å². The molecule has 84 valence electrons. The summed E-state index contributed by atoms with van der Waals surface area (Å²) >= 11 is 1.32. The SMILES string of the molecule is CCOc1ccc(C(F)(F)F)c(I)c1F. The molecule has 0 saturated carbocycles. The van der Waals surface area contributed by atoms with Crippen LogP contribution >= 0.6 is 22.6 Å². The molecule has 0 amide bonds. The fraction of sp³-hybridized carbons (Fsp3) is 0.333. The first-order valence-electron chi connectivity index (χ1n) is 4.06. The van der Waals surface area contributed by atoms with Gasteiger partial charge in [0.2, 0.25) is 0 Å². The zero-order valence-corrected chi connectivity index (χ0v) is 9.82. The van der Waals surface area contributed by atoms with Crippen LogP contribution in [0.1, 0.15) is 12.5 Å². The van der Waals surface area contributed by atoms with E-state index in [1.165, 1.54) is 22.6 Å². The molecule has 0 unspecified atom stereocenters. The summed E-state index contributed by atoms with van der Waals surface area (Å²) in [6.07, 6.45) is -4.54. The summed E-state index contributed by atoms with van der Waals surface area (Å²) in [7, 11) is 0. The molecule has 0 fully saturated rings. The number of hydrogen-bond donors (Lipinski definition) is 0. The minimum atomic E-state index is -4.54. The lowest BCUT2D eigenvalue weighted by molar-refractivity contribution is -0.138. The smallest absolute Gasteiger partial charge is 0.417 e. The second kappa shape index (κ2) is 4.54. The van der Waals surface area contributed by atoms with Crippen LogP contribution in [0.2, 0.25) is 0 Å². The maximum atomic E-state index is 13.3. The Morgan fingerprint density at radius 2 is 1.93 bits per heavy atom. The number of alkyl halides is 3. The van der Waals surface area contributed by atoms with Crippen molar-refractivity contribution in [1.29, 1.82) is 0 Å². The number of hydrogen-bond acceptors (Lipinski definition) is 1. The molecule has 0 radical (unpaired) electrons. The lowest BCUT2D eigenvalue weighted by atomic mass is 10.2. The van der Waals surface area contributed by atoms with E-state index in [-0.39, 0.29) is 12.4 Å². The van der Waals surface area contributed by atoms with Gasteiger partial charge in [-0.2, -0.15) is 13.2 Å². The van der Waals surface area contributed by atoms with Crippen LogP contribution in [0, 0.1) is 9.39 Å². The van der Waals surface area contributed by atoms with Gasteiger partial charge >= 0.3 is 6.18 Å². The van der Waals surface area contributed by atoms with Crippen LogP contribution in [0.5, 0.6) is 5.75 Å². The van der Waals surface area contributed by atoms with Gasteiger partial charge < -0.3 is 4.74 Å². The van der Waals surface area contributed by atoms with Crippen molar-refractivity contribution in [1.82, 2.24) is 0 Å². The van der Waals surface area contributed by atoms with Crippen LogP contribution in [0.3, 0.4) is 0 Å². The van der Waals surface area contributed by atoms with E-state index in [0.29, 0.717) is 0 Å². The lowest BCUT2D eigenvalue weighted by Crippen LogP contribution is -2.09. The van der Waals surface area contributed by atoms with Crippen molar-refractivity contribution in [2.75, 3.05) is 6.61 Å². The molecule has 0 aliphatic heterocycles. The largest absolute Gasteiger partial charge is 0.491 e. The van der Waals surface area contributed by atoms with Crippen molar-refractivity contribution in [2.24, 2.45) is 0 Å². The molecule has 0 bridgehead atoms. The van der Waals surface area contributed by atoms with Crippen molar-refractivity contribution in [2.45, 2.75) is 13.1 Å². The third-order valence-corrected chi connectivity index (χ3v) is 2.71. The van der Waals surface area contributed by atoms with Gasteiger partial charge in [0, 0.05) is 0 Å². The molecule has 1 nitrogen and oxygen atoms in total. The summed E-state index contributed by atoms with van der Waals surface area (Å²) in [5, 5.41) is 0. The van der Waals surface area contributed by atoms with E-state index in [9.17, 15) is 17.6 Å². The third kappa shape index (κ3) is 2.73. The highest BCUT2D eigenvalue weighted by molar-refractivity contribution is 14.1. The average Bonchev–Trinajstić information content (AvgIpc) is 2.11. The molecular weight excluding hydrogens is 327 g/mol. The fourth-order valence-corrected chi connectivity index (χ4v) is 1.77. The summed E-state index contributed by atoms with van der Waals surface area (Å²) in [4.78, 5) is 0. The Hall–Kier alpha value is -0.530. The van der Waals surface area contributed by atoms with E-state index in [0.717, 1.165) is 12.1 Å². The fourth-order valence-electron chi connectivity index (χ4n) is 1.02. The Morgan fingerprint density at radius 1 is 1.33 bits per heavy atom. The number of rotatable bonds is 2. The Bertz CT molecular complexity index is 362. The van der Waals surface area contributed by atoms with Crippen molar-refractivity contribution < 1.29 is 22.3 Å². The highest BCUT2D eigenvalue weighted by Crippen LogP contribution is 2.36. The number of ether oxygens (including phenoxy) is 1. The van der Waals surface area contributed by atoms with E-state index in [1.807, 2.05) is 0 Å². The normalized spacial score (nSPS) is 11.6. The van der Waals surface area contributed by atoms with E-state index in [4.69, 9.17) is 4.74 Å². The molecular formula is C9H7F4IO. The molecule has 6 heteroatoms. The standard InChI is InChI=1S/C9H7F4IO/c1-2-15-6-4-3-5(9(11,12)13)8(14)7(6)10/h3-4H,2H2,1H3. The van der Waals surface area contributed by atoms with Crippen LogP contribution in [0.15, 0.2) is 12.1 Å². The zero-order valence-electron chi connectivity index (χ0n) is 7.66. The van der Waals surface area contributed by atoms with Crippen molar-refractivity contribution in [3.63, 3.8) is 0 Å². The van der Waals surface area contributed by atoms with Crippen LogP contribution in [0.4, 0.5) is 17.6 Å². The van der Waals surface area contributed by atoms with Gasteiger partial charge in [-0.05, 0) is 41.6 Å². The highest BCUT2D eigenvalue weighted by Gasteiger charge is 2.34. The monoisotopic (exact) mass is 334 g/mol. The first-order valence-corrected chi connectivity index (χ1v) is 5.13. The zero-order chi connectivity index (χ0) is 11.6. The van der Waals surface area contributed by atoms with Gasteiger partial charge in [0.1, 0.15) is 0 Å². The Kier molecular flexibility index (Phi) is 3.80. The molecule has 1 aromatic rings. The highest BCUT2D eigenvalue weighted by atomic mass is 127.